The second-order valence-corrected chi connectivity index (χ2v) is 2.79. The van der Waals surface area contributed by atoms with Gasteiger partial charge in [-0.05, 0) is 36.1 Å². The first-order chi connectivity index (χ1) is 5.25. The lowest BCUT2D eigenvalue weighted by atomic mass is 9.98. The van der Waals surface area contributed by atoms with Crippen molar-refractivity contribution in [3.05, 3.63) is 29.8 Å². The molecule has 0 aliphatic heterocycles. The van der Waals surface area contributed by atoms with Crippen LogP contribution < -0.4 is 0 Å². The van der Waals surface area contributed by atoms with Gasteiger partial charge in [-0.25, -0.2) is 0 Å². The normalized spacial score (nSPS) is 12.9. The molecule has 1 atom stereocenters. The van der Waals surface area contributed by atoms with Crippen LogP contribution >= 0.6 is 0 Å². The van der Waals surface area contributed by atoms with Gasteiger partial charge >= 0.3 is 0 Å². The predicted molar refractivity (Wildman–Crippen MR) is 45.6 cm³/mol. The second kappa shape index (κ2) is 3.42. The lowest BCUT2D eigenvalue weighted by molar-refractivity contribution is 0.462. The predicted octanol–water partition coefficient (Wildman–Crippen LogP) is 2.71. The Morgan fingerprint density at radius 1 is 1.64 bits per heavy atom. The smallest absolute Gasteiger partial charge is 0.119 e. The van der Waals surface area contributed by atoms with E-state index in [1.54, 1.807) is 12.1 Å². The Kier molecular flexibility index (Phi) is 2.53. The summed E-state index contributed by atoms with van der Waals surface area (Å²) >= 11 is 0. The van der Waals surface area contributed by atoms with E-state index < -0.39 is 0 Å². The first-order valence-corrected chi connectivity index (χ1v) is 3.94. The topological polar surface area (TPSA) is 20.2 Å². The molecule has 0 amide bonds. The number of aromatic hydroxyl groups is 1. The molecule has 0 saturated heterocycles. The summed E-state index contributed by atoms with van der Waals surface area (Å²) < 4.78 is 0. The third-order valence-electron chi connectivity index (χ3n) is 2.02. The average molecular weight is 149 g/mol. The van der Waals surface area contributed by atoms with E-state index >= 15 is 0 Å². The summed E-state index contributed by atoms with van der Waals surface area (Å²) in [7, 11) is 0. The third kappa shape index (κ3) is 1.73. The minimum atomic E-state index is 0.387. The van der Waals surface area contributed by atoms with Crippen molar-refractivity contribution < 1.29 is 5.11 Å². The van der Waals surface area contributed by atoms with Crippen LogP contribution in [0, 0.1) is 6.07 Å². The summed E-state index contributed by atoms with van der Waals surface area (Å²) in [6, 6.07) is 8.21. The molecule has 0 heterocycles. The highest BCUT2D eigenvalue weighted by Crippen LogP contribution is 2.26. The average Bonchev–Trinajstić information content (AvgIpc) is 2.04. The van der Waals surface area contributed by atoms with Gasteiger partial charge in [-0.3, -0.25) is 0 Å². The van der Waals surface area contributed by atoms with Crippen LogP contribution in [0.25, 0.3) is 0 Å². The molecule has 1 aromatic carbocycles. The quantitative estimate of drug-likeness (QED) is 0.685. The lowest BCUT2D eigenvalue weighted by Gasteiger charge is -2.09. The zero-order valence-electron chi connectivity index (χ0n) is 6.96. The minimum absolute atomic E-state index is 0.387. The fraction of sp³-hybridized carbons (Fsp3) is 0.400. The Morgan fingerprint density at radius 2 is 2.36 bits per heavy atom. The molecular weight excluding hydrogens is 136 g/mol. The van der Waals surface area contributed by atoms with Crippen molar-refractivity contribution in [2.24, 2.45) is 0 Å². The van der Waals surface area contributed by atoms with Crippen LogP contribution in [0.4, 0.5) is 0 Å². The van der Waals surface area contributed by atoms with Gasteiger partial charge in [0.05, 0.1) is 0 Å². The van der Waals surface area contributed by atoms with E-state index in [9.17, 15) is 5.11 Å². The zero-order valence-corrected chi connectivity index (χ0v) is 6.96. The Balaban J connectivity index is 2.93. The summed E-state index contributed by atoms with van der Waals surface area (Å²) in [5.74, 6) is 0.811. The van der Waals surface area contributed by atoms with Crippen molar-refractivity contribution in [1.29, 1.82) is 0 Å². The van der Waals surface area contributed by atoms with Crippen LogP contribution in [0.1, 0.15) is 31.7 Å². The number of hydrogen-bond acceptors (Lipinski definition) is 1. The van der Waals surface area contributed by atoms with Gasteiger partial charge in [-0.15, -0.1) is 0 Å². The minimum Gasteiger partial charge on any atom is -0.508 e. The molecule has 0 saturated carbocycles. The fourth-order valence-electron chi connectivity index (χ4n) is 1.05. The number of hydrogen-bond donors (Lipinski definition) is 1. The molecule has 0 aliphatic rings. The highest BCUT2D eigenvalue weighted by molar-refractivity contribution is 5.33. The van der Waals surface area contributed by atoms with Crippen LogP contribution in [-0.4, -0.2) is 5.11 Å². The molecule has 1 aromatic rings. The maximum Gasteiger partial charge on any atom is 0.119 e. The molecule has 11 heavy (non-hydrogen) atoms. The van der Waals surface area contributed by atoms with Gasteiger partial charge in [-0.2, -0.15) is 0 Å². The third-order valence-corrected chi connectivity index (χ3v) is 2.02. The summed E-state index contributed by atoms with van der Waals surface area (Å²) in [6.07, 6.45) is 1.05. The standard InChI is InChI=1S/C10H13O/c1-3-8(2)9-6-4-5-7-10(9)11/h5-8,11H,3H2,1-2H3. The SMILES string of the molecule is CCC(C)c1c[c]ccc1O. The Hall–Kier alpha value is -0.980. The van der Waals surface area contributed by atoms with E-state index in [4.69, 9.17) is 0 Å². The Labute approximate surface area is 67.7 Å². The molecule has 59 valence electrons. The van der Waals surface area contributed by atoms with Gasteiger partial charge in [0.15, 0.2) is 0 Å². The number of phenols is 1. The number of benzene rings is 1. The van der Waals surface area contributed by atoms with Crippen molar-refractivity contribution in [2.75, 3.05) is 0 Å². The van der Waals surface area contributed by atoms with Crippen molar-refractivity contribution in [1.82, 2.24) is 0 Å². The van der Waals surface area contributed by atoms with Crippen molar-refractivity contribution in [3.8, 4) is 5.75 Å². The maximum absolute atomic E-state index is 9.39. The maximum atomic E-state index is 9.39. The lowest BCUT2D eigenvalue weighted by Crippen LogP contribution is -1.90. The van der Waals surface area contributed by atoms with Gasteiger partial charge < -0.3 is 5.11 Å². The van der Waals surface area contributed by atoms with Gasteiger partial charge in [0, 0.05) is 0 Å². The summed E-state index contributed by atoms with van der Waals surface area (Å²) in [5.41, 5.74) is 0.995. The van der Waals surface area contributed by atoms with E-state index in [2.05, 4.69) is 19.9 Å². The molecule has 1 N–H and O–H groups in total. The highest BCUT2D eigenvalue weighted by atomic mass is 16.3. The molecule has 0 bridgehead atoms. The van der Waals surface area contributed by atoms with Crippen LogP contribution in [0.5, 0.6) is 5.75 Å². The van der Waals surface area contributed by atoms with Crippen LogP contribution in [0.3, 0.4) is 0 Å². The molecule has 1 unspecified atom stereocenters. The molecule has 1 rings (SSSR count). The van der Waals surface area contributed by atoms with Crippen LogP contribution in [0.15, 0.2) is 18.2 Å². The van der Waals surface area contributed by atoms with Crippen LogP contribution in [0.2, 0.25) is 0 Å². The van der Waals surface area contributed by atoms with Gasteiger partial charge in [0.2, 0.25) is 0 Å². The monoisotopic (exact) mass is 149 g/mol. The van der Waals surface area contributed by atoms with E-state index in [1.165, 1.54) is 0 Å². The molecule has 0 fully saturated rings. The van der Waals surface area contributed by atoms with E-state index in [0.29, 0.717) is 11.7 Å². The molecule has 1 radical (unpaired) electrons. The molecule has 1 heteroatoms. The van der Waals surface area contributed by atoms with Crippen molar-refractivity contribution in [3.63, 3.8) is 0 Å². The van der Waals surface area contributed by atoms with Gasteiger partial charge in [0.1, 0.15) is 5.75 Å². The summed E-state index contributed by atoms with van der Waals surface area (Å²) in [4.78, 5) is 0. The zero-order chi connectivity index (χ0) is 8.27. The molecule has 0 aromatic heterocycles. The highest BCUT2D eigenvalue weighted by Gasteiger charge is 2.05. The first-order valence-electron chi connectivity index (χ1n) is 3.94. The second-order valence-electron chi connectivity index (χ2n) is 2.79. The van der Waals surface area contributed by atoms with Crippen molar-refractivity contribution >= 4 is 0 Å². The van der Waals surface area contributed by atoms with Crippen LogP contribution in [-0.2, 0) is 0 Å². The van der Waals surface area contributed by atoms with Gasteiger partial charge in [0.25, 0.3) is 0 Å². The summed E-state index contributed by atoms with van der Waals surface area (Å²) in [6.45, 7) is 4.21. The number of rotatable bonds is 2. The van der Waals surface area contributed by atoms with E-state index in [0.717, 1.165) is 12.0 Å². The molecule has 1 nitrogen and oxygen atoms in total. The summed E-state index contributed by atoms with van der Waals surface area (Å²) in [5, 5.41) is 9.39. The Bertz CT molecular complexity index is 230. The molecule has 0 spiro atoms. The molecular formula is C10H13O. The first kappa shape index (κ1) is 8.12. The van der Waals surface area contributed by atoms with Gasteiger partial charge in [-0.1, -0.05) is 19.9 Å². The fourth-order valence-corrected chi connectivity index (χ4v) is 1.05. The molecule has 0 aliphatic carbocycles. The van der Waals surface area contributed by atoms with Crippen molar-refractivity contribution in [2.45, 2.75) is 26.2 Å². The number of phenolic OH excluding ortho intramolecular Hbond substituents is 1. The van der Waals surface area contributed by atoms with E-state index in [1.807, 2.05) is 6.07 Å². The largest absolute Gasteiger partial charge is 0.508 e. The Morgan fingerprint density at radius 3 is 2.91 bits per heavy atom. The van der Waals surface area contributed by atoms with E-state index in [-0.39, 0.29) is 0 Å².